The van der Waals surface area contributed by atoms with Crippen molar-refractivity contribution in [3.63, 3.8) is 0 Å². The lowest BCUT2D eigenvalue weighted by Gasteiger charge is -2.03. The molecule has 0 heterocycles. The molecule has 0 spiro atoms. The number of aromatic carboxylic acids is 1. The van der Waals surface area contributed by atoms with E-state index < -0.39 is 17.8 Å². The Hall–Kier alpha value is -3.48. The van der Waals surface area contributed by atoms with Crippen LogP contribution in [-0.4, -0.2) is 29.1 Å². The summed E-state index contributed by atoms with van der Waals surface area (Å²) in [5.74, 6) is -2.95. The van der Waals surface area contributed by atoms with E-state index in [2.05, 4.69) is 10.4 Å². The molecule has 0 bridgehead atoms. The first-order valence-corrected chi connectivity index (χ1v) is 6.59. The fourth-order valence-electron chi connectivity index (χ4n) is 1.72. The molecule has 0 aliphatic carbocycles. The largest absolute Gasteiger partial charge is 0.478 e. The number of hydrogen-bond acceptors (Lipinski definition) is 4. The van der Waals surface area contributed by atoms with Crippen molar-refractivity contribution in [1.82, 2.24) is 5.43 Å². The predicted molar refractivity (Wildman–Crippen MR) is 84.2 cm³/mol. The normalized spacial score (nSPS) is 10.3. The van der Waals surface area contributed by atoms with Crippen molar-refractivity contribution >= 4 is 29.7 Å². The highest BCUT2D eigenvalue weighted by Crippen LogP contribution is 2.06. The van der Waals surface area contributed by atoms with Crippen molar-refractivity contribution in [3.05, 3.63) is 65.7 Å². The van der Waals surface area contributed by atoms with E-state index >= 15 is 0 Å². The molecule has 116 valence electrons. The number of para-hydroxylation sites is 1. The zero-order chi connectivity index (χ0) is 16.7. The standard InChI is InChI=1S/C16H13N3O4/c20-14(18-12-7-2-1-3-8-12)15(21)19-17-10-11-6-4-5-9-13(11)16(22)23/h1-10H,(H,18,20)(H,19,21)(H,22,23)/b17-10+. The second-order valence-corrected chi connectivity index (χ2v) is 4.41. The quantitative estimate of drug-likeness (QED) is 0.451. The van der Waals surface area contributed by atoms with Crippen molar-refractivity contribution < 1.29 is 19.5 Å². The van der Waals surface area contributed by atoms with Gasteiger partial charge in [0.2, 0.25) is 0 Å². The number of hydrogen-bond donors (Lipinski definition) is 3. The molecule has 0 aromatic heterocycles. The summed E-state index contributed by atoms with van der Waals surface area (Å²) in [6.45, 7) is 0. The van der Waals surface area contributed by atoms with Crippen molar-refractivity contribution in [3.8, 4) is 0 Å². The lowest BCUT2D eigenvalue weighted by molar-refractivity contribution is -0.136. The van der Waals surface area contributed by atoms with Crippen LogP contribution in [0.4, 0.5) is 5.69 Å². The molecule has 2 aromatic rings. The Morgan fingerprint density at radius 3 is 2.26 bits per heavy atom. The zero-order valence-corrected chi connectivity index (χ0v) is 11.9. The first-order chi connectivity index (χ1) is 11.1. The maximum absolute atomic E-state index is 11.6. The highest BCUT2D eigenvalue weighted by Gasteiger charge is 2.12. The van der Waals surface area contributed by atoms with Gasteiger partial charge in [0, 0.05) is 11.3 Å². The lowest BCUT2D eigenvalue weighted by atomic mass is 10.1. The first-order valence-electron chi connectivity index (χ1n) is 6.59. The number of carbonyl (C=O) groups is 3. The topological polar surface area (TPSA) is 108 Å². The van der Waals surface area contributed by atoms with Crippen molar-refractivity contribution in [2.45, 2.75) is 0 Å². The molecule has 0 atom stereocenters. The van der Waals surface area contributed by atoms with Crippen LogP contribution in [0.25, 0.3) is 0 Å². The number of benzene rings is 2. The number of carboxylic acids is 1. The van der Waals surface area contributed by atoms with Gasteiger partial charge in [-0.25, -0.2) is 10.2 Å². The highest BCUT2D eigenvalue weighted by molar-refractivity contribution is 6.39. The van der Waals surface area contributed by atoms with Crippen molar-refractivity contribution in [1.29, 1.82) is 0 Å². The minimum Gasteiger partial charge on any atom is -0.478 e. The average molecular weight is 311 g/mol. The third-order valence-electron chi connectivity index (χ3n) is 2.80. The number of anilines is 1. The van der Waals surface area contributed by atoms with Crippen LogP contribution in [0.15, 0.2) is 59.7 Å². The van der Waals surface area contributed by atoms with E-state index in [1.54, 1.807) is 42.5 Å². The molecular formula is C16H13N3O4. The van der Waals surface area contributed by atoms with Crippen LogP contribution < -0.4 is 10.7 Å². The number of hydrazone groups is 1. The van der Waals surface area contributed by atoms with Gasteiger partial charge >= 0.3 is 17.8 Å². The predicted octanol–water partition coefficient (Wildman–Crippen LogP) is 1.47. The fourth-order valence-corrected chi connectivity index (χ4v) is 1.72. The molecule has 0 fully saturated rings. The SMILES string of the molecule is O=C(N/N=C/c1ccccc1C(=O)O)C(=O)Nc1ccccc1. The summed E-state index contributed by atoms with van der Waals surface area (Å²) in [5, 5.41) is 15.0. The van der Waals surface area contributed by atoms with Crippen molar-refractivity contribution in [2.75, 3.05) is 5.32 Å². The Balaban J connectivity index is 1.96. The van der Waals surface area contributed by atoms with E-state index in [0.717, 1.165) is 6.21 Å². The lowest BCUT2D eigenvalue weighted by Crippen LogP contribution is -2.32. The molecule has 7 nitrogen and oxygen atoms in total. The molecule has 7 heteroatoms. The number of carbonyl (C=O) groups excluding carboxylic acids is 2. The Morgan fingerprint density at radius 1 is 0.913 bits per heavy atom. The zero-order valence-electron chi connectivity index (χ0n) is 11.9. The minimum atomic E-state index is -1.11. The molecular weight excluding hydrogens is 298 g/mol. The Bertz CT molecular complexity index is 757. The van der Waals surface area contributed by atoms with Gasteiger partial charge in [-0.15, -0.1) is 0 Å². The van der Waals surface area contributed by atoms with Crippen LogP contribution in [0.1, 0.15) is 15.9 Å². The summed E-state index contributed by atoms with van der Waals surface area (Å²) in [6.07, 6.45) is 1.16. The van der Waals surface area contributed by atoms with E-state index in [1.807, 2.05) is 5.43 Å². The number of carboxylic acid groups (broad SMARTS) is 1. The summed E-state index contributed by atoms with van der Waals surface area (Å²) < 4.78 is 0. The summed E-state index contributed by atoms with van der Waals surface area (Å²) in [7, 11) is 0. The maximum atomic E-state index is 11.6. The van der Waals surface area contributed by atoms with E-state index in [4.69, 9.17) is 5.11 Å². The molecule has 0 saturated heterocycles. The second-order valence-electron chi connectivity index (χ2n) is 4.41. The monoisotopic (exact) mass is 311 g/mol. The molecule has 0 unspecified atom stereocenters. The average Bonchev–Trinajstić information content (AvgIpc) is 2.56. The molecule has 0 aliphatic heterocycles. The summed E-state index contributed by atoms with van der Waals surface area (Å²) in [5.41, 5.74) is 2.87. The molecule has 2 rings (SSSR count). The van der Waals surface area contributed by atoms with Gasteiger partial charge in [-0.3, -0.25) is 9.59 Å². The number of nitrogens with one attached hydrogen (secondary N) is 2. The summed E-state index contributed by atoms with van der Waals surface area (Å²) in [4.78, 5) is 34.3. The van der Waals surface area contributed by atoms with Crippen LogP contribution in [0, 0.1) is 0 Å². The van der Waals surface area contributed by atoms with E-state index in [9.17, 15) is 14.4 Å². The molecule has 0 saturated carbocycles. The summed E-state index contributed by atoms with van der Waals surface area (Å²) >= 11 is 0. The Morgan fingerprint density at radius 2 is 1.57 bits per heavy atom. The molecule has 0 radical (unpaired) electrons. The van der Waals surface area contributed by atoms with Gasteiger partial charge < -0.3 is 10.4 Å². The minimum absolute atomic E-state index is 0.0410. The molecule has 3 N–H and O–H groups in total. The van der Waals surface area contributed by atoms with Crippen LogP contribution >= 0.6 is 0 Å². The smallest absolute Gasteiger partial charge is 0.336 e. The number of nitrogens with zero attached hydrogens (tertiary/aromatic N) is 1. The number of amides is 2. The van der Waals surface area contributed by atoms with Gasteiger partial charge in [-0.2, -0.15) is 5.10 Å². The Kier molecular flexibility index (Phi) is 5.19. The number of rotatable bonds is 4. The summed E-state index contributed by atoms with van der Waals surface area (Å²) in [6, 6.07) is 14.6. The van der Waals surface area contributed by atoms with Crippen LogP contribution in [0.5, 0.6) is 0 Å². The van der Waals surface area contributed by atoms with E-state index in [0.29, 0.717) is 11.3 Å². The van der Waals surface area contributed by atoms with Gasteiger partial charge in [0.15, 0.2) is 0 Å². The third kappa shape index (κ3) is 4.50. The molecule has 0 aliphatic rings. The second kappa shape index (κ2) is 7.51. The molecule has 23 heavy (non-hydrogen) atoms. The van der Waals surface area contributed by atoms with Gasteiger partial charge in [-0.1, -0.05) is 36.4 Å². The fraction of sp³-hybridized carbons (Fsp3) is 0. The van der Waals surface area contributed by atoms with Crippen LogP contribution in [-0.2, 0) is 9.59 Å². The van der Waals surface area contributed by atoms with Gasteiger partial charge in [0.05, 0.1) is 11.8 Å². The van der Waals surface area contributed by atoms with E-state index in [-0.39, 0.29) is 5.56 Å². The van der Waals surface area contributed by atoms with Crippen LogP contribution in [0.3, 0.4) is 0 Å². The van der Waals surface area contributed by atoms with Gasteiger partial charge in [0.25, 0.3) is 0 Å². The first kappa shape index (κ1) is 15.9. The molecule has 2 aromatic carbocycles. The van der Waals surface area contributed by atoms with Gasteiger partial charge in [-0.05, 0) is 18.2 Å². The third-order valence-corrected chi connectivity index (χ3v) is 2.80. The van der Waals surface area contributed by atoms with Crippen LogP contribution in [0.2, 0.25) is 0 Å². The Labute approximate surface area is 131 Å². The van der Waals surface area contributed by atoms with Crippen molar-refractivity contribution in [2.24, 2.45) is 5.10 Å². The maximum Gasteiger partial charge on any atom is 0.336 e. The molecule has 2 amide bonds. The van der Waals surface area contributed by atoms with E-state index in [1.165, 1.54) is 12.1 Å². The highest BCUT2D eigenvalue weighted by atomic mass is 16.4. The van der Waals surface area contributed by atoms with Gasteiger partial charge in [0.1, 0.15) is 0 Å².